The Bertz CT molecular complexity index is 202. The van der Waals surface area contributed by atoms with Crippen molar-refractivity contribution in [3.63, 3.8) is 0 Å². The summed E-state index contributed by atoms with van der Waals surface area (Å²) in [5, 5.41) is 72.0. The van der Waals surface area contributed by atoms with E-state index in [2.05, 4.69) is 0 Å². The molecular weight excluding hydrogens is 200 g/mol. The van der Waals surface area contributed by atoms with Crippen molar-refractivity contribution in [2.75, 3.05) is 0 Å². The van der Waals surface area contributed by atoms with Crippen LogP contribution in [0.15, 0.2) is 0 Å². The highest BCUT2D eigenvalue weighted by Crippen LogP contribution is 2.34. The summed E-state index contributed by atoms with van der Waals surface area (Å²) in [6.07, 6.45) is -9.05. The van der Waals surface area contributed by atoms with Crippen LogP contribution in [-0.4, -0.2) is 76.8 Å². The van der Waals surface area contributed by atoms with Gasteiger partial charge in [0.25, 0.3) is 11.6 Å². The maximum atomic E-state index is 9.00. The third-order valence-corrected chi connectivity index (χ3v) is 2.36. The molecule has 1 aliphatic carbocycles. The molecule has 0 aromatic rings. The first-order valence-electron chi connectivity index (χ1n) is 3.75. The highest BCUT2D eigenvalue weighted by molar-refractivity contribution is 5.06. The van der Waals surface area contributed by atoms with Crippen molar-refractivity contribution in [3.05, 3.63) is 0 Å². The van der Waals surface area contributed by atoms with Gasteiger partial charge in [-0.2, -0.15) is 0 Å². The van der Waals surface area contributed by atoms with Gasteiger partial charge in [-0.3, -0.25) is 0 Å². The van der Waals surface area contributed by atoms with Crippen LogP contribution in [0.5, 0.6) is 0 Å². The van der Waals surface area contributed by atoms with Crippen LogP contribution >= 0.6 is 0 Å². The second kappa shape index (κ2) is 3.08. The average molecular weight is 212 g/mol. The lowest BCUT2D eigenvalue weighted by Crippen LogP contribution is -2.77. The summed E-state index contributed by atoms with van der Waals surface area (Å²) in [4.78, 5) is 0. The van der Waals surface area contributed by atoms with Crippen molar-refractivity contribution in [3.8, 4) is 0 Å². The van der Waals surface area contributed by atoms with Crippen LogP contribution in [-0.2, 0) is 0 Å². The van der Waals surface area contributed by atoms with E-state index in [0.717, 1.165) is 0 Å². The molecule has 0 aliphatic heterocycles. The van der Waals surface area contributed by atoms with E-state index in [9.17, 15) is 0 Å². The van der Waals surface area contributed by atoms with Crippen molar-refractivity contribution in [2.24, 2.45) is 0 Å². The van der Waals surface area contributed by atoms with E-state index < -0.39 is 36.0 Å². The predicted octanol–water partition coefficient (Wildman–Crippen LogP) is -5.19. The van der Waals surface area contributed by atoms with E-state index in [0.29, 0.717) is 0 Å². The average Bonchev–Trinajstić information content (AvgIpc) is 2.10. The second-order valence-electron chi connectivity index (χ2n) is 3.32. The largest absolute Gasteiger partial charge is 0.387 e. The van der Waals surface area contributed by atoms with Crippen LogP contribution in [0.1, 0.15) is 0 Å². The Kier molecular flexibility index (Phi) is 2.59. The summed E-state index contributed by atoms with van der Waals surface area (Å²) < 4.78 is 0. The lowest BCUT2D eigenvalue weighted by Gasteiger charge is -2.48. The molecule has 0 unspecified atom stereocenters. The van der Waals surface area contributed by atoms with E-state index in [1.807, 2.05) is 0 Å². The highest BCUT2D eigenvalue weighted by Gasteiger charge is 2.66. The Labute approximate surface area is 77.9 Å². The minimum Gasteiger partial charge on any atom is -0.387 e. The van der Waals surface area contributed by atoms with Crippen LogP contribution in [0.2, 0.25) is 0 Å². The molecule has 1 fully saturated rings. The normalized spacial score (nSPS) is 46.3. The van der Waals surface area contributed by atoms with Crippen LogP contribution in [0, 0.1) is 0 Å². The molecule has 1 rings (SSSR count). The number of hydrogen-bond acceptors (Lipinski definition) is 8. The fourth-order valence-electron chi connectivity index (χ4n) is 1.29. The fraction of sp³-hybridized carbons (Fsp3) is 1.00. The standard InChI is InChI=1S/C6H12O8/c7-1-2(8)4(10)6(13,14)5(11,12)3(1)9/h1-4,7-14H/t1-,2-,3+,4+/m1/s1. The Morgan fingerprint density at radius 2 is 0.786 bits per heavy atom. The van der Waals surface area contributed by atoms with Crippen molar-refractivity contribution in [2.45, 2.75) is 36.0 Å². The van der Waals surface area contributed by atoms with Crippen LogP contribution in [0.3, 0.4) is 0 Å². The molecule has 8 heteroatoms. The van der Waals surface area contributed by atoms with Gasteiger partial charge in [0.1, 0.15) is 24.4 Å². The first kappa shape index (κ1) is 11.8. The molecular formula is C6H12O8. The third-order valence-electron chi connectivity index (χ3n) is 2.36. The highest BCUT2D eigenvalue weighted by atomic mass is 16.6. The molecule has 1 aliphatic rings. The lowest BCUT2D eigenvalue weighted by atomic mass is 9.79. The van der Waals surface area contributed by atoms with Crippen molar-refractivity contribution in [1.29, 1.82) is 0 Å². The van der Waals surface area contributed by atoms with E-state index in [1.165, 1.54) is 0 Å². The van der Waals surface area contributed by atoms with Gasteiger partial charge in [-0.05, 0) is 0 Å². The maximum absolute atomic E-state index is 9.00. The fourth-order valence-corrected chi connectivity index (χ4v) is 1.29. The zero-order valence-corrected chi connectivity index (χ0v) is 6.89. The molecule has 14 heavy (non-hydrogen) atoms. The van der Waals surface area contributed by atoms with Crippen molar-refractivity contribution < 1.29 is 40.9 Å². The van der Waals surface area contributed by atoms with Gasteiger partial charge in [0.15, 0.2) is 0 Å². The number of rotatable bonds is 0. The Morgan fingerprint density at radius 3 is 1.00 bits per heavy atom. The molecule has 1 saturated carbocycles. The number of aliphatic hydroxyl groups is 8. The van der Waals surface area contributed by atoms with Crippen molar-refractivity contribution in [1.82, 2.24) is 0 Å². The topological polar surface area (TPSA) is 162 Å². The second-order valence-corrected chi connectivity index (χ2v) is 3.32. The zero-order valence-electron chi connectivity index (χ0n) is 6.89. The molecule has 0 amide bonds. The van der Waals surface area contributed by atoms with Gasteiger partial charge in [0.05, 0.1) is 0 Å². The Morgan fingerprint density at radius 1 is 0.571 bits per heavy atom. The van der Waals surface area contributed by atoms with E-state index in [-0.39, 0.29) is 0 Å². The quantitative estimate of drug-likeness (QED) is 0.185. The first-order chi connectivity index (χ1) is 6.14. The molecule has 0 bridgehead atoms. The predicted molar refractivity (Wildman–Crippen MR) is 38.4 cm³/mol. The molecule has 84 valence electrons. The molecule has 0 aromatic heterocycles. The minimum absolute atomic E-state index is 2.10. The van der Waals surface area contributed by atoms with Gasteiger partial charge in [-0.15, -0.1) is 0 Å². The van der Waals surface area contributed by atoms with Gasteiger partial charge in [-0.1, -0.05) is 0 Å². The van der Waals surface area contributed by atoms with Crippen LogP contribution in [0.4, 0.5) is 0 Å². The van der Waals surface area contributed by atoms with Crippen molar-refractivity contribution >= 4 is 0 Å². The Hall–Kier alpha value is -0.320. The monoisotopic (exact) mass is 212 g/mol. The molecule has 0 heterocycles. The van der Waals surface area contributed by atoms with Gasteiger partial charge in [-0.25, -0.2) is 0 Å². The lowest BCUT2D eigenvalue weighted by molar-refractivity contribution is -0.444. The maximum Gasteiger partial charge on any atom is 0.250 e. The van der Waals surface area contributed by atoms with Gasteiger partial charge >= 0.3 is 0 Å². The summed E-state index contributed by atoms with van der Waals surface area (Å²) in [6, 6.07) is 0. The van der Waals surface area contributed by atoms with E-state index >= 15 is 0 Å². The summed E-state index contributed by atoms with van der Waals surface area (Å²) in [5.41, 5.74) is 0. The third kappa shape index (κ3) is 1.25. The molecule has 0 radical (unpaired) electrons. The summed E-state index contributed by atoms with van der Waals surface area (Å²) in [6.45, 7) is 0. The molecule has 0 saturated heterocycles. The molecule has 8 nitrogen and oxygen atoms in total. The van der Waals surface area contributed by atoms with Crippen LogP contribution < -0.4 is 0 Å². The van der Waals surface area contributed by atoms with E-state index in [1.54, 1.807) is 0 Å². The number of hydrogen-bond donors (Lipinski definition) is 8. The minimum atomic E-state index is -3.54. The summed E-state index contributed by atoms with van der Waals surface area (Å²) in [5.74, 6) is -7.07. The molecule has 4 atom stereocenters. The summed E-state index contributed by atoms with van der Waals surface area (Å²) >= 11 is 0. The molecule has 0 spiro atoms. The van der Waals surface area contributed by atoms with E-state index in [4.69, 9.17) is 40.9 Å². The summed E-state index contributed by atoms with van der Waals surface area (Å²) in [7, 11) is 0. The smallest absolute Gasteiger partial charge is 0.250 e. The SMILES string of the molecule is O[C@@H]1[C@@H](O)[C@H](O)C(O)(O)C(O)(O)[C@H]1O. The molecule has 0 aromatic carbocycles. The van der Waals surface area contributed by atoms with Gasteiger partial charge in [0, 0.05) is 0 Å². The van der Waals surface area contributed by atoms with Crippen LogP contribution in [0.25, 0.3) is 0 Å². The van der Waals surface area contributed by atoms with Gasteiger partial charge in [0.2, 0.25) is 0 Å². The Balaban J connectivity index is 3.10. The first-order valence-corrected chi connectivity index (χ1v) is 3.75. The number of aliphatic hydroxyl groups excluding tert-OH is 4. The molecule has 8 N–H and O–H groups in total. The zero-order chi connectivity index (χ0) is 11.3. The van der Waals surface area contributed by atoms with Gasteiger partial charge < -0.3 is 40.9 Å².